The molecule has 1 unspecified atom stereocenters. The molecule has 1 aromatic rings. The third kappa shape index (κ3) is 5.00. The number of hydrogen-bond donors (Lipinski definition) is 0. The van der Waals surface area contributed by atoms with Crippen LogP contribution in [0.2, 0.25) is 0 Å². The summed E-state index contributed by atoms with van der Waals surface area (Å²) in [6.07, 6.45) is 4.16. The molecule has 1 fully saturated rings. The highest BCUT2D eigenvalue weighted by Gasteiger charge is 2.23. The fraction of sp³-hybridized carbons (Fsp3) is 0.562. The van der Waals surface area contributed by atoms with Gasteiger partial charge in [0.15, 0.2) is 11.6 Å². The van der Waals surface area contributed by atoms with Gasteiger partial charge in [-0.2, -0.15) is 0 Å². The van der Waals surface area contributed by atoms with Gasteiger partial charge in [-0.3, -0.25) is 0 Å². The van der Waals surface area contributed by atoms with Crippen LogP contribution in [0.25, 0.3) is 0 Å². The third-order valence-corrected chi connectivity index (χ3v) is 4.55. The minimum atomic E-state index is -1.29. The van der Waals surface area contributed by atoms with E-state index in [0.29, 0.717) is 29.6 Å². The molecule has 0 spiro atoms. The van der Waals surface area contributed by atoms with E-state index in [4.69, 9.17) is 4.74 Å². The quantitative estimate of drug-likeness (QED) is 0.540. The molecule has 5 heteroatoms. The fourth-order valence-corrected chi connectivity index (χ4v) is 2.94. The molecule has 0 amide bonds. The van der Waals surface area contributed by atoms with E-state index >= 15 is 0 Å². The van der Waals surface area contributed by atoms with Gasteiger partial charge in [-0.05, 0) is 44.2 Å². The predicted molar refractivity (Wildman–Crippen MR) is 84.7 cm³/mol. The van der Waals surface area contributed by atoms with Crippen LogP contribution in [0.4, 0.5) is 4.39 Å². The molecule has 1 aromatic carbocycles. The lowest BCUT2D eigenvalue weighted by molar-refractivity contribution is 0.285. The van der Waals surface area contributed by atoms with Crippen molar-refractivity contribution in [3.05, 3.63) is 29.6 Å². The van der Waals surface area contributed by atoms with Crippen LogP contribution in [0.1, 0.15) is 45.1 Å². The number of nitrogens with zero attached hydrogens (tertiary/aromatic N) is 1. The minimum Gasteiger partial charge on any atom is -0.591 e. The van der Waals surface area contributed by atoms with Crippen molar-refractivity contribution in [2.45, 2.75) is 39.5 Å². The van der Waals surface area contributed by atoms with E-state index in [9.17, 15) is 8.94 Å². The lowest BCUT2D eigenvalue weighted by Crippen LogP contribution is -2.09. The van der Waals surface area contributed by atoms with Crippen molar-refractivity contribution in [2.75, 3.05) is 12.4 Å². The monoisotopic (exact) mass is 311 g/mol. The van der Waals surface area contributed by atoms with Crippen molar-refractivity contribution >= 4 is 17.1 Å². The van der Waals surface area contributed by atoms with Gasteiger partial charge in [-0.15, -0.1) is 0 Å². The standard InChI is InChI=1S/C16H22FNO2S/c1-3-4-10-21(19)18-12(2)14-6-5-7-15(16(14)17)20-11-13-8-9-13/h5-7,13H,3-4,8-11H2,1-2H3. The largest absolute Gasteiger partial charge is 0.591 e. The van der Waals surface area contributed by atoms with Crippen LogP contribution in [0.5, 0.6) is 5.75 Å². The molecule has 0 aliphatic heterocycles. The number of hydrogen-bond acceptors (Lipinski definition) is 3. The van der Waals surface area contributed by atoms with Crippen LogP contribution in [0, 0.1) is 11.7 Å². The molecule has 116 valence electrons. The summed E-state index contributed by atoms with van der Waals surface area (Å²) in [5.74, 6) is 0.942. The Morgan fingerprint density at radius 3 is 2.90 bits per heavy atom. The minimum absolute atomic E-state index is 0.258. The summed E-state index contributed by atoms with van der Waals surface area (Å²) in [6, 6.07) is 5.02. The van der Waals surface area contributed by atoms with E-state index in [0.717, 1.165) is 25.7 Å². The van der Waals surface area contributed by atoms with Crippen LogP contribution in [0.15, 0.2) is 22.6 Å². The molecular formula is C16H22FNO2S. The number of unbranched alkanes of at least 4 members (excludes halogenated alkanes) is 1. The summed E-state index contributed by atoms with van der Waals surface area (Å²) in [6.45, 7) is 4.29. The average molecular weight is 311 g/mol. The van der Waals surface area contributed by atoms with Gasteiger partial charge in [-0.1, -0.05) is 23.8 Å². The first-order chi connectivity index (χ1) is 10.1. The van der Waals surface area contributed by atoms with Crippen molar-refractivity contribution < 1.29 is 13.7 Å². The van der Waals surface area contributed by atoms with Crippen molar-refractivity contribution in [3.8, 4) is 5.75 Å². The Bertz CT molecular complexity index is 503. The predicted octanol–water partition coefficient (Wildman–Crippen LogP) is 3.89. The zero-order valence-electron chi connectivity index (χ0n) is 12.6. The van der Waals surface area contributed by atoms with E-state index in [1.165, 1.54) is 0 Å². The van der Waals surface area contributed by atoms with Gasteiger partial charge in [0.2, 0.25) is 0 Å². The number of benzene rings is 1. The Kier molecular flexibility index (Phi) is 6.06. The molecule has 1 aliphatic carbocycles. The fourth-order valence-electron chi connectivity index (χ4n) is 1.91. The van der Waals surface area contributed by atoms with Gasteiger partial charge < -0.3 is 9.29 Å². The molecule has 1 aliphatic rings. The van der Waals surface area contributed by atoms with Crippen molar-refractivity contribution in [2.24, 2.45) is 10.3 Å². The molecule has 0 bridgehead atoms. The topological polar surface area (TPSA) is 44.7 Å². The SMILES string of the molecule is CCCC[S+]([O-])N=C(C)c1cccc(OCC2CC2)c1F. The highest BCUT2D eigenvalue weighted by atomic mass is 32.2. The first kappa shape index (κ1) is 16.3. The maximum Gasteiger partial charge on any atom is 0.174 e. The lowest BCUT2D eigenvalue weighted by Gasteiger charge is -2.10. The molecular weight excluding hydrogens is 289 g/mol. The first-order valence-corrected chi connectivity index (χ1v) is 8.75. The summed E-state index contributed by atoms with van der Waals surface area (Å²) in [4.78, 5) is 0. The third-order valence-electron chi connectivity index (χ3n) is 3.44. The summed E-state index contributed by atoms with van der Waals surface area (Å²) in [5.41, 5.74) is 0.826. The Morgan fingerprint density at radius 2 is 2.24 bits per heavy atom. The Labute approximate surface area is 128 Å². The maximum atomic E-state index is 14.4. The number of halogens is 1. The van der Waals surface area contributed by atoms with Crippen molar-refractivity contribution in [1.29, 1.82) is 0 Å². The second kappa shape index (κ2) is 7.80. The van der Waals surface area contributed by atoms with Gasteiger partial charge in [0.1, 0.15) is 5.75 Å². The van der Waals surface area contributed by atoms with Crippen molar-refractivity contribution in [1.82, 2.24) is 0 Å². The summed E-state index contributed by atoms with van der Waals surface area (Å²) in [7, 11) is 0. The van der Waals surface area contributed by atoms with Crippen LogP contribution in [-0.2, 0) is 11.4 Å². The second-order valence-electron chi connectivity index (χ2n) is 5.43. The Morgan fingerprint density at radius 1 is 1.48 bits per heavy atom. The van der Waals surface area contributed by atoms with Crippen LogP contribution in [0.3, 0.4) is 0 Å². The number of rotatable bonds is 8. The molecule has 0 aromatic heterocycles. The molecule has 0 saturated heterocycles. The molecule has 3 nitrogen and oxygen atoms in total. The molecule has 0 radical (unpaired) electrons. The smallest absolute Gasteiger partial charge is 0.174 e. The Hall–Kier alpha value is -1.07. The van der Waals surface area contributed by atoms with Gasteiger partial charge in [0.25, 0.3) is 0 Å². The molecule has 0 N–H and O–H groups in total. The number of ether oxygens (including phenoxy) is 1. The van der Waals surface area contributed by atoms with Gasteiger partial charge in [0, 0.05) is 5.56 Å². The van der Waals surface area contributed by atoms with Gasteiger partial charge in [0.05, 0.1) is 23.7 Å². The highest BCUT2D eigenvalue weighted by Crippen LogP contribution is 2.30. The van der Waals surface area contributed by atoms with Gasteiger partial charge in [-0.25, -0.2) is 4.39 Å². The highest BCUT2D eigenvalue weighted by molar-refractivity contribution is 7.90. The lowest BCUT2D eigenvalue weighted by atomic mass is 10.1. The first-order valence-electron chi connectivity index (χ1n) is 7.47. The molecule has 1 saturated carbocycles. The summed E-state index contributed by atoms with van der Waals surface area (Å²) < 4.78 is 35.8. The van der Waals surface area contributed by atoms with Crippen LogP contribution < -0.4 is 4.74 Å². The van der Waals surface area contributed by atoms with Gasteiger partial charge >= 0.3 is 0 Å². The summed E-state index contributed by atoms with van der Waals surface area (Å²) in [5, 5.41) is 0. The van der Waals surface area contributed by atoms with E-state index in [1.807, 2.05) is 6.92 Å². The van der Waals surface area contributed by atoms with E-state index in [1.54, 1.807) is 25.1 Å². The van der Waals surface area contributed by atoms with E-state index < -0.39 is 17.2 Å². The maximum absolute atomic E-state index is 14.4. The molecule has 2 rings (SSSR count). The summed E-state index contributed by atoms with van der Waals surface area (Å²) >= 11 is -1.29. The molecule has 0 heterocycles. The zero-order chi connectivity index (χ0) is 15.2. The molecule has 1 atom stereocenters. The average Bonchev–Trinajstić information content (AvgIpc) is 3.28. The Balaban J connectivity index is 2.06. The molecule has 21 heavy (non-hydrogen) atoms. The van der Waals surface area contributed by atoms with Crippen LogP contribution in [-0.4, -0.2) is 22.6 Å². The normalized spacial score (nSPS) is 16.9. The van der Waals surface area contributed by atoms with Crippen molar-refractivity contribution in [3.63, 3.8) is 0 Å². The second-order valence-corrected chi connectivity index (χ2v) is 6.66. The zero-order valence-corrected chi connectivity index (χ0v) is 13.4. The van der Waals surface area contributed by atoms with E-state index in [2.05, 4.69) is 4.40 Å². The van der Waals surface area contributed by atoms with E-state index in [-0.39, 0.29) is 5.75 Å². The van der Waals surface area contributed by atoms with Crippen LogP contribution >= 0.6 is 0 Å².